The molecule has 0 saturated heterocycles. The van der Waals surface area contributed by atoms with Gasteiger partial charge in [0.2, 0.25) is 0 Å². The fourth-order valence-corrected chi connectivity index (χ4v) is 3.30. The average Bonchev–Trinajstić information content (AvgIpc) is 2.75. The van der Waals surface area contributed by atoms with E-state index in [1.54, 1.807) is 12.1 Å². The van der Waals surface area contributed by atoms with Gasteiger partial charge in [0.25, 0.3) is 0 Å². The highest BCUT2D eigenvalue weighted by atomic mass is 16.3. The lowest BCUT2D eigenvalue weighted by molar-refractivity contribution is -0.850. The predicted molar refractivity (Wildman–Crippen MR) is 116 cm³/mol. The van der Waals surface area contributed by atoms with Crippen molar-refractivity contribution in [2.75, 3.05) is 19.6 Å². The van der Waals surface area contributed by atoms with Gasteiger partial charge in [0.05, 0.1) is 25.2 Å². The summed E-state index contributed by atoms with van der Waals surface area (Å²) in [7, 11) is 0. The first-order chi connectivity index (χ1) is 13.6. The Labute approximate surface area is 171 Å². The zero-order valence-electron chi connectivity index (χ0n) is 17.9. The molecule has 0 aliphatic carbocycles. The monoisotopic (exact) mass is 383 g/mol. The van der Waals surface area contributed by atoms with Gasteiger partial charge in [-0.3, -0.25) is 4.48 Å². The summed E-state index contributed by atoms with van der Waals surface area (Å²) in [6.45, 7) is 9.60. The van der Waals surface area contributed by atoms with Gasteiger partial charge < -0.3 is 5.11 Å². The smallest absolute Gasteiger partial charge is 0.345 e. The van der Waals surface area contributed by atoms with Gasteiger partial charge in [-0.15, -0.1) is 5.75 Å². The van der Waals surface area contributed by atoms with E-state index < -0.39 is 0 Å². The molecule has 154 valence electrons. The quantitative estimate of drug-likeness (QED) is 0.486. The van der Waals surface area contributed by atoms with E-state index in [2.05, 4.69) is 20.8 Å². The van der Waals surface area contributed by atoms with Crippen LogP contribution in [0.1, 0.15) is 69.7 Å². The summed E-state index contributed by atoms with van der Waals surface area (Å²) in [4.78, 5) is 13.2. The van der Waals surface area contributed by atoms with Crippen molar-refractivity contribution in [1.82, 2.24) is 0 Å². The van der Waals surface area contributed by atoms with Gasteiger partial charge in [-0.05, 0) is 31.4 Å². The molecule has 0 unspecified atom stereocenters. The van der Waals surface area contributed by atoms with Crippen molar-refractivity contribution < 1.29 is 14.4 Å². The van der Waals surface area contributed by atoms with Gasteiger partial charge >= 0.3 is 5.91 Å². The Morgan fingerprint density at radius 3 is 1.43 bits per heavy atom. The van der Waals surface area contributed by atoms with Crippen molar-refractivity contribution in [2.24, 2.45) is 0 Å². The van der Waals surface area contributed by atoms with Crippen molar-refractivity contribution in [3.05, 3.63) is 66.2 Å². The van der Waals surface area contributed by atoms with E-state index in [0.717, 1.165) is 63.7 Å². The minimum absolute atomic E-state index is 0.0718. The number of carbonyl (C=O) groups is 1. The number of nitrogens with zero attached hydrogens (tertiary/aromatic N) is 1. The average molecular weight is 384 g/mol. The van der Waals surface area contributed by atoms with Crippen molar-refractivity contribution in [1.29, 1.82) is 0 Å². The molecular weight excluding hydrogens is 346 g/mol. The van der Waals surface area contributed by atoms with Crippen LogP contribution in [0.15, 0.2) is 60.7 Å². The molecule has 0 saturated carbocycles. The van der Waals surface area contributed by atoms with Crippen LogP contribution in [0.25, 0.3) is 0 Å². The van der Waals surface area contributed by atoms with Crippen LogP contribution in [0.3, 0.4) is 0 Å². The minimum atomic E-state index is 0.0718. The third-order valence-electron chi connectivity index (χ3n) is 5.01. The van der Waals surface area contributed by atoms with Crippen molar-refractivity contribution in [2.45, 2.75) is 59.3 Å². The number of hydrogen-bond donors (Lipinski definition) is 0. The second-order valence-electron chi connectivity index (χ2n) is 7.36. The van der Waals surface area contributed by atoms with Crippen LogP contribution in [0.4, 0.5) is 0 Å². The molecular formula is C25H37NO2. The molecule has 1 amide bonds. The zero-order chi connectivity index (χ0) is 20.7. The number of amides is 1. The second-order valence-corrected chi connectivity index (χ2v) is 7.36. The van der Waals surface area contributed by atoms with Gasteiger partial charge in [0.15, 0.2) is 0 Å². The Kier molecular flexibility index (Phi) is 11.9. The SMILES string of the molecule is CCCC[N+](CCCC)(CCCC)C(=O)c1ccccc1.[O-]c1ccccc1. The molecule has 0 aromatic heterocycles. The maximum absolute atomic E-state index is 13.2. The van der Waals surface area contributed by atoms with E-state index >= 15 is 0 Å². The van der Waals surface area contributed by atoms with Crippen LogP contribution in [0.5, 0.6) is 5.75 Å². The number of rotatable bonds is 10. The lowest BCUT2D eigenvalue weighted by Gasteiger charge is -2.36. The Morgan fingerprint density at radius 2 is 1.11 bits per heavy atom. The van der Waals surface area contributed by atoms with Crippen molar-refractivity contribution >= 4 is 5.91 Å². The second kappa shape index (κ2) is 14.0. The first-order valence-corrected chi connectivity index (χ1v) is 10.8. The highest BCUT2D eigenvalue weighted by molar-refractivity contribution is 5.88. The summed E-state index contributed by atoms with van der Waals surface area (Å²) in [5.41, 5.74) is 0.876. The van der Waals surface area contributed by atoms with Gasteiger partial charge in [0, 0.05) is 0 Å². The maximum Gasteiger partial charge on any atom is 0.345 e. The Bertz CT molecular complexity index is 618. The van der Waals surface area contributed by atoms with E-state index in [1.165, 1.54) is 12.1 Å². The van der Waals surface area contributed by atoms with E-state index in [9.17, 15) is 9.90 Å². The molecule has 0 atom stereocenters. The van der Waals surface area contributed by atoms with Crippen LogP contribution < -0.4 is 5.11 Å². The minimum Gasteiger partial charge on any atom is -0.872 e. The Morgan fingerprint density at radius 1 is 0.714 bits per heavy atom. The van der Waals surface area contributed by atoms with Gasteiger partial charge in [-0.2, -0.15) is 0 Å². The molecule has 3 heteroatoms. The van der Waals surface area contributed by atoms with Crippen LogP contribution in [-0.2, 0) is 0 Å². The first kappa shape index (κ1) is 23.9. The molecule has 0 fully saturated rings. The molecule has 0 radical (unpaired) electrons. The number of carbonyl (C=O) groups excluding carboxylic acids is 1. The van der Waals surface area contributed by atoms with E-state index in [0.29, 0.717) is 10.4 Å². The molecule has 28 heavy (non-hydrogen) atoms. The third kappa shape index (κ3) is 8.26. The van der Waals surface area contributed by atoms with Gasteiger partial charge in [-0.25, -0.2) is 4.79 Å². The number of benzene rings is 2. The number of quaternary nitrogens is 1. The van der Waals surface area contributed by atoms with E-state index in [4.69, 9.17) is 0 Å². The van der Waals surface area contributed by atoms with Gasteiger partial charge in [-0.1, -0.05) is 88.6 Å². The molecule has 2 rings (SSSR count). The fourth-order valence-electron chi connectivity index (χ4n) is 3.30. The molecule has 0 heterocycles. The fraction of sp³-hybridized carbons (Fsp3) is 0.480. The standard InChI is InChI=1S/C19H32NO.C6H6O/c1-4-7-15-20(16-8-5-2,17-9-6-3)19(21)18-13-11-10-12-14-18;7-6-4-2-1-3-5-6/h10-14H,4-9,15-17H2,1-3H3;1-5,7H/q+1;/p-1. The van der Waals surface area contributed by atoms with Crippen LogP contribution in [0.2, 0.25) is 0 Å². The number of unbranched alkanes of at least 4 members (excludes halogenated alkanes) is 3. The number of hydrogen-bond acceptors (Lipinski definition) is 2. The summed E-state index contributed by atoms with van der Waals surface area (Å²) in [6, 6.07) is 18.2. The largest absolute Gasteiger partial charge is 0.872 e. The molecule has 0 aliphatic heterocycles. The summed E-state index contributed by atoms with van der Waals surface area (Å²) < 4.78 is 0.652. The highest BCUT2D eigenvalue weighted by Gasteiger charge is 2.35. The Hall–Kier alpha value is -2.13. The van der Waals surface area contributed by atoms with Crippen LogP contribution in [0, 0.1) is 0 Å². The predicted octanol–water partition coefficient (Wildman–Crippen LogP) is 5.80. The lowest BCUT2D eigenvalue weighted by Crippen LogP contribution is -2.54. The lowest BCUT2D eigenvalue weighted by atomic mass is 10.1. The van der Waals surface area contributed by atoms with Crippen LogP contribution >= 0.6 is 0 Å². The number of para-hydroxylation sites is 1. The molecule has 0 spiro atoms. The molecule has 0 bridgehead atoms. The molecule has 3 nitrogen and oxygen atoms in total. The molecule has 0 N–H and O–H groups in total. The Balaban J connectivity index is 0.000000467. The first-order valence-electron chi connectivity index (χ1n) is 10.8. The highest BCUT2D eigenvalue weighted by Crippen LogP contribution is 2.20. The molecule has 2 aromatic carbocycles. The van der Waals surface area contributed by atoms with E-state index in [1.807, 2.05) is 36.4 Å². The van der Waals surface area contributed by atoms with Crippen molar-refractivity contribution in [3.63, 3.8) is 0 Å². The molecule has 0 aliphatic rings. The van der Waals surface area contributed by atoms with Gasteiger partial charge in [0.1, 0.15) is 0 Å². The van der Waals surface area contributed by atoms with Crippen molar-refractivity contribution in [3.8, 4) is 5.75 Å². The summed E-state index contributed by atoms with van der Waals surface area (Å²) in [5.74, 6) is 0.397. The van der Waals surface area contributed by atoms with Crippen LogP contribution in [-0.4, -0.2) is 30.0 Å². The van der Waals surface area contributed by atoms with E-state index in [-0.39, 0.29) is 5.75 Å². The normalized spacial score (nSPS) is 10.8. The molecule has 2 aromatic rings. The third-order valence-corrected chi connectivity index (χ3v) is 5.01. The summed E-state index contributed by atoms with van der Waals surface area (Å²) in [5, 5.41) is 10.3. The maximum atomic E-state index is 13.2. The topological polar surface area (TPSA) is 40.1 Å². The summed E-state index contributed by atoms with van der Waals surface area (Å²) in [6.07, 6.45) is 6.85. The summed E-state index contributed by atoms with van der Waals surface area (Å²) >= 11 is 0. The zero-order valence-corrected chi connectivity index (χ0v) is 17.9.